The van der Waals surface area contributed by atoms with Gasteiger partial charge in [-0.2, -0.15) is 0 Å². The van der Waals surface area contributed by atoms with E-state index in [4.69, 9.17) is 10.8 Å². The van der Waals surface area contributed by atoms with Crippen LogP contribution in [0.5, 0.6) is 0 Å². The van der Waals surface area contributed by atoms with Gasteiger partial charge < -0.3 is 15.2 Å². The number of carboxylic acids is 1. The minimum Gasteiger partial charge on any atom is -0.476 e. The van der Waals surface area contributed by atoms with Crippen molar-refractivity contribution in [2.24, 2.45) is 0 Å². The maximum Gasteiger partial charge on any atom is 0.356 e. The number of imidazole rings is 1. The summed E-state index contributed by atoms with van der Waals surface area (Å²) in [7, 11) is 0. The predicted molar refractivity (Wildman–Crippen MR) is 46.6 cm³/mol. The van der Waals surface area contributed by atoms with E-state index in [2.05, 4.69) is 4.98 Å². The molecule has 0 aliphatic rings. The number of anilines is 1. The molecular formula is C8H7N3O2. The quantitative estimate of drug-likeness (QED) is 0.668. The largest absolute Gasteiger partial charge is 0.476 e. The van der Waals surface area contributed by atoms with E-state index in [1.54, 1.807) is 22.7 Å². The Morgan fingerprint density at radius 2 is 2.38 bits per heavy atom. The molecule has 0 radical (unpaired) electrons. The third kappa shape index (κ3) is 1.01. The van der Waals surface area contributed by atoms with E-state index < -0.39 is 5.97 Å². The molecular weight excluding hydrogens is 170 g/mol. The van der Waals surface area contributed by atoms with Gasteiger partial charge in [0.05, 0.1) is 5.69 Å². The molecule has 3 N–H and O–H groups in total. The molecule has 2 aromatic heterocycles. The first-order valence-electron chi connectivity index (χ1n) is 3.64. The Balaban J connectivity index is 2.86. The first-order chi connectivity index (χ1) is 6.20. The lowest BCUT2D eigenvalue weighted by Gasteiger charge is -1.97. The third-order valence-electron chi connectivity index (χ3n) is 1.79. The number of rotatable bonds is 1. The SMILES string of the molecule is Nc1cccn2cnc(C(=O)O)c12. The molecule has 66 valence electrons. The minimum absolute atomic E-state index is 0.0156. The fourth-order valence-corrected chi connectivity index (χ4v) is 1.23. The van der Waals surface area contributed by atoms with Gasteiger partial charge in [0.15, 0.2) is 5.69 Å². The van der Waals surface area contributed by atoms with Crippen molar-refractivity contribution in [2.75, 3.05) is 5.73 Å². The molecule has 5 heteroatoms. The van der Waals surface area contributed by atoms with Gasteiger partial charge in [-0.1, -0.05) is 0 Å². The highest BCUT2D eigenvalue weighted by Gasteiger charge is 2.13. The van der Waals surface area contributed by atoms with Crippen molar-refractivity contribution in [1.29, 1.82) is 0 Å². The van der Waals surface area contributed by atoms with Crippen LogP contribution in [-0.4, -0.2) is 20.5 Å². The first-order valence-corrected chi connectivity index (χ1v) is 3.64. The van der Waals surface area contributed by atoms with Gasteiger partial charge in [-0.25, -0.2) is 9.78 Å². The number of nitrogens with zero attached hydrogens (tertiary/aromatic N) is 2. The molecule has 0 aliphatic carbocycles. The molecule has 0 atom stereocenters. The second kappa shape index (κ2) is 2.48. The van der Waals surface area contributed by atoms with E-state index >= 15 is 0 Å². The Kier molecular flexibility index (Phi) is 1.45. The van der Waals surface area contributed by atoms with Gasteiger partial charge in [0.1, 0.15) is 11.8 Å². The van der Waals surface area contributed by atoms with Crippen LogP contribution in [0.2, 0.25) is 0 Å². The van der Waals surface area contributed by atoms with Crippen LogP contribution in [0.25, 0.3) is 5.52 Å². The molecule has 0 unspecified atom stereocenters. The summed E-state index contributed by atoms with van der Waals surface area (Å²) in [6.45, 7) is 0. The zero-order chi connectivity index (χ0) is 9.42. The highest BCUT2D eigenvalue weighted by atomic mass is 16.4. The summed E-state index contributed by atoms with van der Waals surface area (Å²) in [6, 6.07) is 3.37. The summed E-state index contributed by atoms with van der Waals surface area (Å²) >= 11 is 0. The second-order valence-electron chi connectivity index (χ2n) is 2.62. The highest BCUT2D eigenvalue weighted by Crippen LogP contribution is 2.16. The number of nitrogen functional groups attached to an aromatic ring is 1. The zero-order valence-electron chi connectivity index (χ0n) is 6.64. The molecule has 5 nitrogen and oxygen atoms in total. The molecule has 0 aromatic carbocycles. The van der Waals surface area contributed by atoms with Gasteiger partial charge in [0, 0.05) is 6.20 Å². The molecule has 0 saturated heterocycles. The molecule has 2 aromatic rings. The van der Waals surface area contributed by atoms with E-state index in [1.165, 1.54) is 6.33 Å². The molecule has 2 rings (SSSR count). The minimum atomic E-state index is -1.07. The van der Waals surface area contributed by atoms with Crippen molar-refractivity contribution >= 4 is 17.2 Å². The average molecular weight is 177 g/mol. The van der Waals surface area contributed by atoms with E-state index in [1.807, 2.05) is 0 Å². The number of hydrogen-bond acceptors (Lipinski definition) is 3. The van der Waals surface area contributed by atoms with Crippen LogP contribution in [0.1, 0.15) is 10.5 Å². The summed E-state index contributed by atoms with van der Waals surface area (Å²) in [5.41, 5.74) is 6.45. The molecule has 0 amide bonds. The van der Waals surface area contributed by atoms with Gasteiger partial charge in [0.25, 0.3) is 0 Å². The number of nitrogens with two attached hydrogens (primary N) is 1. The fraction of sp³-hybridized carbons (Fsp3) is 0. The zero-order valence-corrected chi connectivity index (χ0v) is 6.64. The van der Waals surface area contributed by atoms with Crippen LogP contribution >= 0.6 is 0 Å². The molecule has 0 spiro atoms. The van der Waals surface area contributed by atoms with Gasteiger partial charge in [-0.15, -0.1) is 0 Å². The lowest BCUT2D eigenvalue weighted by Crippen LogP contribution is -1.99. The van der Waals surface area contributed by atoms with Crippen molar-refractivity contribution in [3.63, 3.8) is 0 Å². The Bertz CT molecular complexity index is 475. The Labute approximate surface area is 73.4 Å². The van der Waals surface area contributed by atoms with Crippen LogP contribution in [-0.2, 0) is 0 Å². The molecule has 2 heterocycles. The smallest absolute Gasteiger partial charge is 0.356 e. The number of carboxylic acid groups (broad SMARTS) is 1. The fourth-order valence-electron chi connectivity index (χ4n) is 1.23. The van der Waals surface area contributed by atoms with E-state index in [0.29, 0.717) is 11.2 Å². The summed E-state index contributed by atoms with van der Waals surface area (Å²) in [5, 5.41) is 8.76. The Hall–Kier alpha value is -2.04. The van der Waals surface area contributed by atoms with Crippen molar-refractivity contribution in [1.82, 2.24) is 9.38 Å². The van der Waals surface area contributed by atoms with Gasteiger partial charge in [-0.3, -0.25) is 0 Å². The van der Waals surface area contributed by atoms with Crippen molar-refractivity contribution in [3.05, 3.63) is 30.4 Å². The molecule has 0 saturated carbocycles. The monoisotopic (exact) mass is 177 g/mol. The maximum absolute atomic E-state index is 10.7. The van der Waals surface area contributed by atoms with E-state index in [0.717, 1.165) is 0 Å². The third-order valence-corrected chi connectivity index (χ3v) is 1.79. The summed E-state index contributed by atoms with van der Waals surface area (Å²) in [6.07, 6.45) is 3.13. The number of carbonyl (C=O) groups is 1. The number of hydrogen-bond donors (Lipinski definition) is 2. The number of fused-ring (bicyclic) bond motifs is 1. The normalized spacial score (nSPS) is 10.5. The standard InChI is InChI=1S/C8H7N3O2/c9-5-2-1-3-11-4-10-6(7(5)11)8(12)13/h1-4H,9H2,(H,12,13). The second-order valence-corrected chi connectivity index (χ2v) is 2.62. The Morgan fingerprint density at radius 1 is 1.62 bits per heavy atom. The predicted octanol–water partition coefficient (Wildman–Crippen LogP) is 0.615. The number of pyridine rings is 1. The van der Waals surface area contributed by atoms with Crippen LogP contribution in [0, 0.1) is 0 Å². The molecule has 0 aliphatic heterocycles. The van der Waals surface area contributed by atoms with Gasteiger partial charge in [0.2, 0.25) is 0 Å². The highest BCUT2D eigenvalue weighted by molar-refractivity contribution is 5.97. The van der Waals surface area contributed by atoms with Crippen LogP contribution in [0.15, 0.2) is 24.7 Å². The number of aromatic nitrogens is 2. The van der Waals surface area contributed by atoms with E-state index in [-0.39, 0.29) is 5.69 Å². The van der Waals surface area contributed by atoms with E-state index in [9.17, 15) is 4.79 Å². The van der Waals surface area contributed by atoms with Gasteiger partial charge in [-0.05, 0) is 12.1 Å². The number of aromatic carboxylic acids is 1. The summed E-state index contributed by atoms with van der Waals surface area (Å²) in [4.78, 5) is 14.4. The van der Waals surface area contributed by atoms with Crippen molar-refractivity contribution in [2.45, 2.75) is 0 Å². The molecule has 0 bridgehead atoms. The summed E-state index contributed by atoms with van der Waals surface area (Å²) in [5.74, 6) is -1.07. The summed E-state index contributed by atoms with van der Waals surface area (Å²) < 4.78 is 1.58. The maximum atomic E-state index is 10.7. The topological polar surface area (TPSA) is 80.6 Å². The molecule has 13 heavy (non-hydrogen) atoms. The average Bonchev–Trinajstić information content (AvgIpc) is 2.49. The van der Waals surface area contributed by atoms with Crippen LogP contribution < -0.4 is 5.73 Å². The lowest BCUT2D eigenvalue weighted by molar-refractivity contribution is 0.0693. The first kappa shape index (κ1) is 7.60. The van der Waals surface area contributed by atoms with Crippen LogP contribution in [0.3, 0.4) is 0 Å². The Morgan fingerprint density at radius 3 is 3.08 bits per heavy atom. The van der Waals surface area contributed by atoms with Crippen molar-refractivity contribution < 1.29 is 9.90 Å². The van der Waals surface area contributed by atoms with Gasteiger partial charge >= 0.3 is 5.97 Å². The molecule has 0 fully saturated rings. The van der Waals surface area contributed by atoms with Crippen molar-refractivity contribution in [3.8, 4) is 0 Å². The lowest BCUT2D eigenvalue weighted by atomic mass is 10.3. The van der Waals surface area contributed by atoms with Crippen LogP contribution in [0.4, 0.5) is 5.69 Å².